The lowest BCUT2D eigenvalue weighted by atomic mass is 9.71. The molecule has 1 unspecified atom stereocenters. The predicted molar refractivity (Wildman–Crippen MR) is 84.6 cm³/mol. The van der Waals surface area contributed by atoms with E-state index in [1.807, 2.05) is 0 Å². The van der Waals surface area contributed by atoms with Gasteiger partial charge in [0.1, 0.15) is 11.4 Å². The van der Waals surface area contributed by atoms with E-state index in [-0.39, 0.29) is 16.4 Å². The number of halogens is 1. The Balaban J connectivity index is 1.85. The van der Waals surface area contributed by atoms with Crippen LogP contribution in [0, 0.1) is 5.41 Å². The summed E-state index contributed by atoms with van der Waals surface area (Å²) in [5.41, 5.74) is 2.77. The minimum absolute atomic E-state index is 0.0719. The van der Waals surface area contributed by atoms with Crippen LogP contribution in [0.25, 0.3) is 0 Å². The fraction of sp³-hybridized carbons (Fsp3) is 0.667. The maximum atomic E-state index is 6.86. The second-order valence-corrected chi connectivity index (χ2v) is 7.92. The molecule has 2 heteroatoms. The van der Waals surface area contributed by atoms with Crippen molar-refractivity contribution in [1.29, 1.82) is 0 Å². The third-order valence-corrected chi connectivity index (χ3v) is 5.77. The molecule has 2 aliphatic rings. The zero-order chi connectivity index (χ0) is 14.4. The van der Waals surface area contributed by atoms with Gasteiger partial charge in [-0.25, -0.2) is 0 Å². The van der Waals surface area contributed by atoms with Crippen LogP contribution >= 0.6 is 11.6 Å². The molecule has 1 aromatic carbocycles. The van der Waals surface area contributed by atoms with Crippen LogP contribution in [0.1, 0.15) is 69.4 Å². The van der Waals surface area contributed by atoms with E-state index in [4.69, 9.17) is 16.3 Å². The van der Waals surface area contributed by atoms with E-state index in [1.54, 1.807) is 0 Å². The first kappa shape index (κ1) is 14.3. The molecule has 20 heavy (non-hydrogen) atoms. The summed E-state index contributed by atoms with van der Waals surface area (Å²) in [6.45, 7) is 6.65. The van der Waals surface area contributed by atoms with Crippen molar-refractivity contribution in [3.8, 4) is 5.75 Å². The Morgan fingerprint density at radius 1 is 1.10 bits per heavy atom. The second-order valence-electron chi connectivity index (χ2n) is 7.48. The van der Waals surface area contributed by atoms with Crippen LogP contribution in [0.3, 0.4) is 0 Å². The number of hydrogen-bond acceptors (Lipinski definition) is 1. The van der Waals surface area contributed by atoms with Crippen LogP contribution in [0.4, 0.5) is 0 Å². The third-order valence-electron chi connectivity index (χ3n) is 4.99. The summed E-state index contributed by atoms with van der Waals surface area (Å²) < 4.78 is 5.96. The van der Waals surface area contributed by atoms with Crippen LogP contribution in [-0.2, 0) is 6.42 Å². The van der Waals surface area contributed by atoms with Gasteiger partial charge in [-0.2, -0.15) is 0 Å². The Morgan fingerprint density at radius 2 is 1.80 bits per heavy atom. The van der Waals surface area contributed by atoms with E-state index in [0.29, 0.717) is 0 Å². The summed E-state index contributed by atoms with van der Waals surface area (Å²) in [7, 11) is 0. The number of rotatable bonds is 2. The topological polar surface area (TPSA) is 9.23 Å². The molecule has 1 aliphatic heterocycles. The van der Waals surface area contributed by atoms with E-state index >= 15 is 0 Å². The van der Waals surface area contributed by atoms with Crippen molar-refractivity contribution in [2.45, 2.75) is 70.3 Å². The zero-order valence-electron chi connectivity index (χ0n) is 12.8. The Kier molecular flexibility index (Phi) is 3.52. The Bertz CT molecular complexity index is 500. The number of fused-ring (bicyclic) bond motifs is 1. The molecular weight excluding hydrogens is 268 g/mol. The van der Waals surface area contributed by atoms with Gasteiger partial charge in [0.05, 0.1) is 5.38 Å². The minimum Gasteiger partial charge on any atom is -0.487 e. The van der Waals surface area contributed by atoms with Gasteiger partial charge in [0.15, 0.2) is 0 Å². The zero-order valence-corrected chi connectivity index (χ0v) is 13.6. The van der Waals surface area contributed by atoms with Gasteiger partial charge in [0.25, 0.3) is 0 Å². The molecule has 0 spiro atoms. The molecule has 1 aromatic rings. The van der Waals surface area contributed by atoms with Crippen molar-refractivity contribution in [2.24, 2.45) is 5.41 Å². The highest BCUT2D eigenvalue weighted by Crippen LogP contribution is 2.50. The maximum absolute atomic E-state index is 6.86. The van der Waals surface area contributed by atoms with Gasteiger partial charge in [-0.05, 0) is 49.3 Å². The molecule has 0 amide bonds. The molecule has 3 rings (SSSR count). The SMILES string of the molecule is CC1(C)Cc2cc(C(Cl)C3(C)CCCCC3)ccc2O1. The predicted octanol–water partition coefficient (Wildman–Crippen LogP) is 5.65. The standard InChI is InChI=1S/C18H25ClO/c1-17(2)12-14-11-13(7-8-15(14)20-17)16(19)18(3)9-5-4-6-10-18/h7-8,11,16H,4-6,9-10,12H2,1-3H3. The van der Waals surface area contributed by atoms with Crippen molar-refractivity contribution >= 4 is 11.6 Å². The van der Waals surface area contributed by atoms with Crippen molar-refractivity contribution < 1.29 is 4.74 Å². The van der Waals surface area contributed by atoms with Gasteiger partial charge in [-0.1, -0.05) is 38.3 Å². The highest BCUT2D eigenvalue weighted by Gasteiger charge is 2.36. The number of alkyl halides is 1. The van der Waals surface area contributed by atoms with Crippen molar-refractivity contribution in [3.05, 3.63) is 29.3 Å². The Morgan fingerprint density at radius 3 is 2.50 bits per heavy atom. The number of hydrogen-bond donors (Lipinski definition) is 0. The molecule has 0 bridgehead atoms. The average molecular weight is 293 g/mol. The summed E-state index contributed by atoms with van der Waals surface area (Å²) in [5.74, 6) is 1.04. The van der Waals surface area contributed by atoms with Crippen molar-refractivity contribution in [1.82, 2.24) is 0 Å². The highest BCUT2D eigenvalue weighted by atomic mass is 35.5. The average Bonchev–Trinajstić information content (AvgIpc) is 2.71. The fourth-order valence-electron chi connectivity index (χ4n) is 3.80. The molecule has 1 fully saturated rings. The first-order valence-electron chi connectivity index (χ1n) is 7.86. The lowest BCUT2D eigenvalue weighted by Crippen LogP contribution is -2.25. The van der Waals surface area contributed by atoms with Crippen LogP contribution in [0.15, 0.2) is 18.2 Å². The van der Waals surface area contributed by atoms with Gasteiger partial charge < -0.3 is 4.74 Å². The summed E-state index contributed by atoms with van der Waals surface area (Å²) in [5, 5.41) is 0.122. The summed E-state index contributed by atoms with van der Waals surface area (Å²) in [4.78, 5) is 0. The molecule has 0 saturated heterocycles. The Labute approximate surface area is 127 Å². The molecule has 110 valence electrons. The number of ether oxygens (including phenoxy) is 1. The molecule has 1 heterocycles. The van der Waals surface area contributed by atoms with Gasteiger partial charge in [-0.3, -0.25) is 0 Å². The van der Waals surface area contributed by atoms with Gasteiger partial charge in [0, 0.05) is 6.42 Å². The van der Waals surface area contributed by atoms with E-state index in [9.17, 15) is 0 Å². The van der Waals surface area contributed by atoms with E-state index in [0.717, 1.165) is 12.2 Å². The third kappa shape index (κ3) is 2.57. The molecule has 1 atom stereocenters. The normalized spacial score (nSPS) is 24.8. The summed E-state index contributed by atoms with van der Waals surface area (Å²) in [6.07, 6.45) is 7.49. The molecular formula is C18H25ClO. The first-order valence-corrected chi connectivity index (χ1v) is 8.29. The van der Waals surface area contributed by atoms with Crippen LogP contribution in [-0.4, -0.2) is 5.60 Å². The van der Waals surface area contributed by atoms with E-state index in [2.05, 4.69) is 39.0 Å². The van der Waals surface area contributed by atoms with Crippen molar-refractivity contribution in [3.63, 3.8) is 0 Å². The van der Waals surface area contributed by atoms with Gasteiger partial charge in [0.2, 0.25) is 0 Å². The quantitative estimate of drug-likeness (QED) is 0.640. The first-order chi connectivity index (χ1) is 9.40. The van der Waals surface area contributed by atoms with E-state index < -0.39 is 0 Å². The molecule has 1 aliphatic carbocycles. The second kappa shape index (κ2) is 4.94. The molecule has 0 radical (unpaired) electrons. The molecule has 1 saturated carbocycles. The summed E-state index contributed by atoms with van der Waals surface area (Å²) in [6, 6.07) is 6.56. The van der Waals surface area contributed by atoms with Crippen LogP contribution in [0.5, 0.6) is 5.75 Å². The lowest BCUT2D eigenvalue weighted by molar-refractivity contribution is 0.138. The molecule has 0 N–H and O–H groups in total. The Hall–Kier alpha value is -0.690. The minimum atomic E-state index is -0.0719. The van der Waals surface area contributed by atoms with E-state index in [1.165, 1.54) is 43.2 Å². The van der Waals surface area contributed by atoms with Crippen LogP contribution < -0.4 is 4.74 Å². The largest absolute Gasteiger partial charge is 0.487 e. The monoisotopic (exact) mass is 292 g/mol. The molecule has 0 aromatic heterocycles. The van der Waals surface area contributed by atoms with Crippen LogP contribution in [0.2, 0.25) is 0 Å². The van der Waals surface area contributed by atoms with Crippen molar-refractivity contribution in [2.75, 3.05) is 0 Å². The molecule has 1 nitrogen and oxygen atoms in total. The van der Waals surface area contributed by atoms with Gasteiger partial charge >= 0.3 is 0 Å². The van der Waals surface area contributed by atoms with Gasteiger partial charge in [-0.15, -0.1) is 11.6 Å². The lowest BCUT2D eigenvalue weighted by Gasteiger charge is -2.38. The smallest absolute Gasteiger partial charge is 0.123 e. The highest BCUT2D eigenvalue weighted by molar-refractivity contribution is 6.21. The summed E-state index contributed by atoms with van der Waals surface area (Å²) >= 11 is 6.86. The number of benzene rings is 1. The maximum Gasteiger partial charge on any atom is 0.123 e. The fourth-order valence-corrected chi connectivity index (χ4v) is 4.16.